The fraction of sp³-hybridized carbons (Fsp3) is 0.737. The number of hydrogen-bond acceptors (Lipinski definition) is 5. The summed E-state index contributed by atoms with van der Waals surface area (Å²) in [6.07, 6.45) is 5.20. The van der Waals surface area contributed by atoms with Crippen molar-refractivity contribution >= 4 is 29.9 Å². The van der Waals surface area contributed by atoms with Crippen LogP contribution in [0.15, 0.2) is 27.8 Å². The van der Waals surface area contributed by atoms with Gasteiger partial charge in [-0.1, -0.05) is 0 Å². The van der Waals surface area contributed by atoms with E-state index in [4.69, 9.17) is 14.1 Å². The molecular formula is C19H32IN5O2. The Labute approximate surface area is 178 Å². The molecule has 4 aliphatic heterocycles. The van der Waals surface area contributed by atoms with Gasteiger partial charge in [-0.05, 0) is 25.0 Å². The predicted molar refractivity (Wildman–Crippen MR) is 117 cm³/mol. The zero-order valence-corrected chi connectivity index (χ0v) is 18.3. The Hall–Kier alpha value is -0.840. The first-order chi connectivity index (χ1) is 12.9. The minimum Gasteiger partial charge on any atom is -0.469 e. The molecule has 5 heterocycles. The number of ether oxygens (including phenoxy) is 1. The normalized spacial score (nSPS) is 30.1. The van der Waals surface area contributed by atoms with Gasteiger partial charge in [-0.2, -0.15) is 0 Å². The zero-order valence-electron chi connectivity index (χ0n) is 15.9. The van der Waals surface area contributed by atoms with Crippen molar-refractivity contribution in [1.82, 2.24) is 20.4 Å². The topological polar surface area (TPSA) is 65.3 Å². The van der Waals surface area contributed by atoms with Crippen molar-refractivity contribution in [3.8, 4) is 0 Å². The molecule has 27 heavy (non-hydrogen) atoms. The summed E-state index contributed by atoms with van der Waals surface area (Å²) < 4.78 is 11.1. The van der Waals surface area contributed by atoms with Gasteiger partial charge in [0.15, 0.2) is 5.96 Å². The van der Waals surface area contributed by atoms with E-state index in [-0.39, 0.29) is 24.0 Å². The van der Waals surface area contributed by atoms with Crippen LogP contribution in [0.2, 0.25) is 0 Å². The second-order valence-corrected chi connectivity index (χ2v) is 7.45. The van der Waals surface area contributed by atoms with Crippen molar-refractivity contribution < 1.29 is 9.15 Å². The van der Waals surface area contributed by atoms with Crippen LogP contribution in [-0.2, 0) is 11.2 Å². The minimum atomic E-state index is 0. The molecule has 2 N–H and O–H groups in total. The highest BCUT2D eigenvalue weighted by Gasteiger charge is 2.31. The lowest BCUT2D eigenvalue weighted by Crippen LogP contribution is -2.62. The molecule has 0 saturated carbocycles. The summed E-state index contributed by atoms with van der Waals surface area (Å²) in [5.74, 6) is 1.89. The van der Waals surface area contributed by atoms with E-state index in [0.29, 0.717) is 12.1 Å². The molecule has 2 bridgehead atoms. The van der Waals surface area contributed by atoms with Gasteiger partial charge in [-0.3, -0.25) is 14.8 Å². The van der Waals surface area contributed by atoms with Gasteiger partial charge < -0.3 is 19.8 Å². The van der Waals surface area contributed by atoms with Gasteiger partial charge in [0, 0.05) is 64.9 Å². The Morgan fingerprint density at radius 1 is 1.22 bits per heavy atom. The fourth-order valence-corrected chi connectivity index (χ4v) is 4.04. The molecule has 8 heteroatoms. The van der Waals surface area contributed by atoms with Crippen molar-refractivity contribution in [2.24, 2.45) is 4.99 Å². The number of rotatable bonds is 7. The van der Waals surface area contributed by atoms with Crippen LogP contribution in [-0.4, -0.2) is 86.9 Å². The summed E-state index contributed by atoms with van der Waals surface area (Å²) in [7, 11) is 0. The molecule has 4 fully saturated rings. The largest absolute Gasteiger partial charge is 0.469 e. The van der Waals surface area contributed by atoms with Gasteiger partial charge in [0.25, 0.3) is 0 Å². The van der Waals surface area contributed by atoms with Gasteiger partial charge in [-0.25, -0.2) is 0 Å². The maximum Gasteiger partial charge on any atom is 0.191 e. The summed E-state index contributed by atoms with van der Waals surface area (Å²) >= 11 is 0. The number of halogens is 1. The van der Waals surface area contributed by atoms with E-state index in [0.717, 1.165) is 63.8 Å². The predicted octanol–water partition coefficient (Wildman–Crippen LogP) is 1.15. The molecule has 0 spiro atoms. The second-order valence-electron chi connectivity index (χ2n) is 7.45. The molecule has 0 radical (unpaired) electrons. The third-order valence-corrected chi connectivity index (χ3v) is 5.62. The van der Waals surface area contributed by atoms with E-state index in [1.54, 1.807) is 6.26 Å². The molecule has 2 atom stereocenters. The summed E-state index contributed by atoms with van der Waals surface area (Å²) in [4.78, 5) is 10.0. The molecule has 1 aromatic rings. The summed E-state index contributed by atoms with van der Waals surface area (Å²) in [6.45, 7) is 9.32. The highest BCUT2D eigenvalue weighted by molar-refractivity contribution is 14.0. The van der Waals surface area contributed by atoms with E-state index < -0.39 is 0 Å². The van der Waals surface area contributed by atoms with Crippen LogP contribution in [0.1, 0.15) is 18.6 Å². The van der Waals surface area contributed by atoms with Crippen LogP contribution in [0.25, 0.3) is 0 Å². The van der Waals surface area contributed by atoms with Crippen molar-refractivity contribution in [2.45, 2.75) is 31.4 Å². The second kappa shape index (κ2) is 10.6. The van der Waals surface area contributed by atoms with Gasteiger partial charge >= 0.3 is 0 Å². The summed E-state index contributed by atoms with van der Waals surface area (Å²) in [5, 5.41) is 6.93. The van der Waals surface area contributed by atoms with Gasteiger partial charge in [0.05, 0.1) is 18.9 Å². The first-order valence-corrected chi connectivity index (χ1v) is 9.99. The molecule has 1 aromatic heterocycles. The summed E-state index contributed by atoms with van der Waals surface area (Å²) in [5.41, 5.74) is 0. The van der Waals surface area contributed by atoms with Crippen molar-refractivity contribution in [3.63, 3.8) is 0 Å². The third kappa shape index (κ3) is 6.07. The fourth-order valence-electron chi connectivity index (χ4n) is 4.04. The van der Waals surface area contributed by atoms with Crippen LogP contribution in [0.5, 0.6) is 0 Å². The van der Waals surface area contributed by atoms with Crippen LogP contribution < -0.4 is 10.6 Å². The lowest BCUT2D eigenvalue weighted by Gasteiger charge is -2.47. The van der Waals surface area contributed by atoms with E-state index >= 15 is 0 Å². The van der Waals surface area contributed by atoms with Crippen LogP contribution in [0.4, 0.5) is 0 Å². The quantitative estimate of drug-likeness (QED) is 0.341. The van der Waals surface area contributed by atoms with Crippen molar-refractivity contribution in [2.75, 3.05) is 59.0 Å². The SMILES string of the molecule is I.c1coc(CCNC(=NCC2CN3CCN2CC3)NCC2CCCO2)c1. The summed E-state index contributed by atoms with van der Waals surface area (Å²) in [6, 6.07) is 4.49. The number of hydrogen-bond donors (Lipinski definition) is 2. The Bertz CT molecular complexity index is 569. The monoisotopic (exact) mass is 489 g/mol. The number of furan rings is 1. The Balaban J connectivity index is 0.00000210. The number of fused-ring (bicyclic) bond motifs is 3. The van der Waals surface area contributed by atoms with E-state index in [9.17, 15) is 0 Å². The van der Waals surface area contributed by atoms with Crippen LogP contribution >= 0.6 is 24.0 Å². The molecule has 0 aliphatic carbocycles. The number of guanidine groups is 1. The molecule has 4 saturated heterocycles. The molecule has 152 valence electrons. The van der Waals surface area contributed by atoms with Gasteiger partial charge in [0.1, 0.15) is 5.76 Å². The smallest absolute Gasteiger partial charge is 0.191 e. The van der Waals surface area contributed by atoms with Crippen molar-refractivity contribution in [1.29, 1.82) is 0 Å². The maximum absolute atomic E-state index is 5.73. The molecule has 5 rings (SSSR count). The first kappa shape index (κ1) is 20.9. The molecule has 2 unspecified atom stereocenters. The highest BCUT2D eigenvalue weighted by Crippen LogP contribution is 2.15. The highest BCUT2D eigenvalue weighted by atomic mass is 127. The Kier molecular flexibility index (Phi) is 8.23. The van der Waals surface area contributed by atoms with E-state index in [1.807, 2.05) is 12.1 Å². The van der Waals surface area contributed by atoms with Gasteiger partial charge in [0.2, 0.25) is 0 Å². The Morgan fingerprint density at radius 2 is 2.11 bits per heavy atom. The number of nitrogens with zero attached hydrogens (tertiary/aromatic N) is 3. The van der Waals surface area contributed by atoms with Crippen LogP contribution in [0.3, 0.4) is 0 Å². The number of nitrogens with one attached hydrogen (secondary N) is 2. The first-order valence-electron chi connectivity index (χ1n) is 9.99. The maximum atomic E-state index is 5.73. The zero-order chi connectivity index (χ0) is 17.6. The average Bonchev–Trinajstić information content (AvgIpc) is 3.38. The molecule has 4 aliphatic rings. The van der Waals surface area contributed by atoms with Crippen molar-refractivity contribution in [3.05, 3.63) is 24.2 Å². The number of aliphatic imine (C=N–C) groups is 1. The van der Waals surface area contributed by atoms with Crippen LogP contribution in [0, 0.1) is 0 Å². The Morgan fingerprint density at radius 3 is 2.78 bits per heavy atom. The lowest BCUT2D eigenvalue weighted by molar-refractivity contribution is 0.0174. The molecule has 0 aromatic carbocycles. The average molecular weight is 489 g/mol. The number of piperazine rings is 3. The lowest BCUT2D eigenvalue weighted by atomic mass is 10.1. The van der Waals surface area contributed by atoms with E-state index in [2.05, 4.69) is 20.4 Å². The van der Waals surface area contributed by atoms with Gasteiger partial charge in [-0.15, -0.1) is 24.0 Å². The molecular weight excluding hydrogens is 457 g/mol. The third-order valence-electron chi connectivity index (χ3n) is 5.62. The minimum absolute atomic E-state index is 0. The molecule has 7 nitrogen and oxygen atoms in total. The van der Waals surface area contributed by atoms with E-state index in [1.165, 1.54) is 26.2 Å². The standard InChI is InChI=1S/C19H31N5O2.HI/c1-3-17(25-11-1)5-6-20-19(22-14-18-4-2-12-26-18)21-13-16-15-23-7-9-24(16)10-8-23;/h1,3,11,16,18H,2,4-10,12-15H2,(H2,20,21,22);1H. The molecule has 0 amide bonds.